The summed E-state index contributed by atoms with van der Waals surface area (Å²) in [7, 11) is -0.354. The molecule has 4 rings (SSSR count). The molecule has 0 saturated carbocycles. The van der Waals surface area contributed by atoms with Crippen molar-refractivity contribution in [2.45, 2.75) is 25.8 Å². The van der Waals surface area contributed by atoms with Crippen molar-refractivity contribution >= 4 is 27.5 Å². The topological polar surface area (TPSA) is 73.8 Å². The zero-order chi connectivity index (χ0) is 16.8. The first-order valence-electron chi connectivity index (χ1n) is 7.69. The minimum atomic E-state index is -3.44. The summed E-state index contributed by atoms with van der Waals surface area (Å²) in [6, 6.07) is -0.0713. The van der Waals surface area contributed by atoms with Crippen LogP contribution in [0.15, 0.2) is 5.38 Å². The Morgan fingerprint density at radius 3 is 2.65 bits per heavy atom. The van der Waals surface area contributed by atoms with E-state index in [0.29, 0.717) is 25.3 Å². The largest absolute Gasteiger partial charge is 0.333 e. The van der Waals surface area contributed by atoms with Crippen molar-refractivity contribution in [3.8, 4) is 0 Å². The Morgan fingerprint density at radius 1 is 1.30 bits per heavy atom. The van der Waals surface area contributed by atoms with Gasteiger partial charge in [-0.2, -0.15) is 17.0 Å². The van der Waals surface area contributed by atoms with Gasteiger partial charge in [0.05, 0.1) is 5.01 Å². The molecule has 0 aromatic carbocycles. The van der Waals surface area contributed by atoms with Crippen molar-refractivity contribution in [3.63, 3.8) is 0 Å². The Labute approximate surface area is 141 Å². The summed E-state index contributed by atoms with van der Waals surface area (Å²) in [4.78, 5) is 18.8. The highest BCUT2D eigenvalue weighted by atomic mass is 32.2. The molecule has 128 valence electrons. The van der Waals surface area contributed by atoms with Crippen molar-refractivity contribution in [2.24, 2.45) is 5.92 Å². The Hall–Kier alpha value is -1.03. The predicted octanol–water partition coefficient (Wildman–Crippen LogP) is 0.794. The molecule has 7 nitrogen and oxygen atoms in total. The van der Waals surface area contributed by atoms with E-state index in [4.69, 9.17) is 0 Å². The quantitative estimate of drug-likeness (QED) is 0.801. The minimum absolute atomic E-state index is 0.0713. The van der Waals surface area contributed by atoms with Crippen LogP contribution in [0.3, 0.4) is 0 Å². The summed E-state index contributed by atoms with van der Waals surface area (Å²) in [6.07, 6.45) is 1.81. The molecule has 3 saturated heterocycles. The maximum absolute atomic E-state index is 12.7. The summed E-state index contributed by atoms with van der Waals surface area (Å²) in [5, 5.41) is 2.65. The van der Waals surface area contributed by atoms with E-state index < -0.39 is 10.2 Å². The number of fused-ring (bicyclic) bond motifs is 4. The van der Waals surface area contributed by atoms with Crippen molar-refractivity contribution in [3.05, 3.63) is 16.1 Å². The van der Waals surface area contributed by atoms with Crippen LogP contribution in [0.25, 0.3) is 0 Å². The molecule has 0 spiro atoms. The average Bonchev–Trinajstić information content (AvgIpc) is 2.73. The first-order valence-corrected chi connectivity index (χ1v) is 9.97. The highest BCUT2D eigenvalue weighted by molar-refractivity contribution is 7.86. The lowest BCUT2D eigenvalue weighted by atomic mass is 9.95. The standard InChI is InChI=1S/C14H22N4O3S2/c1-10-15-13(9-22-10)14(19)18-7-11-4-5-12(18)8-17(6-11)23(20,21)16(2)3/h9,11-12H,4-8H2,1-3H3/t11-,12+/m0/s1. The van der Waals surface area contributed by atoms with Gasteiger partial charge in [-0.25, -0.2) is 4.98 Å². The van der Waals surface area contributed by atoms with Crippen molar-refractivity contribution < 1.29 is 13.2 Å². The number of carbonyl (C=O) groups excluding carboxylic acids is 1. The van der Waals surface area contributed by atoms with Crippen LogP contribution in [0.2, 0.25) is 0 Å². The number of nitrogens with zero attached hydrogens (tertiary/aromatic N) is 4. The molecular weight excluding hydrogens is 336 g/mol. The molecule has 4 heterocycles. The van der Waals surface area contributed by atoms with Crippen LogP contribution in [0.4, 0.5) is 0 Å². The number of hydrogen-bond acceptors (Lipinski definition) is 5. The van der Waals surface area contributed by atoms with E-state index in [-0.39, 0.29) is 17.9 Å². The van der Waals surface area contributed by atoms with Crippen LogP contribution >= 0.6 is 11.3 Å². The molecule has 0 unspecified atom stereocenters. The molecule has 0 N–H and O–H groups in total. The molecule has 1 aromatic rings. The van der Waals surface area contributed by atoms with Crippen LogP contribution in [0.1, 0.15) is 28.3 Å². The van der Waals surface area contributed by atoms with E-state index in [0.717, 1.165) is 17.8 Å². The highest BCUT2D eigenvalue weighted by Crippen LogP contribution is 2.30. The predicted molar refractivity (Wildman–Crippen MR) is 88.6 cm³/mol. The molecule has 3 aliphatic rings. The number of hydrogen-bond donors (Lipinski definition) is 0. The molecular formula is C14H22N4O3S2. The van der Waals surface area contributed by atoms with Crippen LogP contribution in [-0.2, 0) is 10.2 Å². The molecule has 1 amide bonds. The monoisotopic (exact) mass is 358 g/mol. The average molecular weight is 358 g/mol. The van der Waals surface area contributed by atoms with Gasteiger partial charge in [-0.05, 0) is 25.7 Å². The molecule has 3 aliphatic heterocycles. The van der Waals surface area contributed by atoms with Gasteiger partial charge < -0.3 is 4.90 Å². The molecule has 0 radical (unpaired) electrons. The number of aryl methyl sites for hydroxylation is 1. The molecule has 2 bridgehead atoms. The smallest absolute Gasteiger partial charge is 0.281 e. The van der Waals surface area contributed by atoms with Gasteiger partial charge in [-0.15, -0.1) is 11.3 Å². The van der Waals surface area contributed by atoms with Gasteiger partial charge in [0.15, 0.2) is 0 Å². The lowest BCUT2D eigenvalue weighted by Crippen LogP contribution is -2.48. The Bertz CT molecular complexity index is 701. The molecule has 9 heteroatoms. The first kappa shape index (κ1) is 16.8. The second kappa shape index (κ2) is 6.12. The third-order valence-corrected chi connectivity index (χ3v) is 7.21. The number of carbonyl (C=O) groups is 1. The lowest BCUT2D eigenvalue weighted by Gasteiger charge is -2.35. The number of amides is 1. The normalized spacial score (nSPS) is 25.8. The molecule has 1 aromatic heterocycles. The number of thiazole rings is 1. The summed E-state index contributed by atoms with van der Waals surface area (Å²) in [6.45, 7) is 3.34. The Balaban J connectivity index is 1.83. The fourth-order valence-electron chi connectivity index (χ4n) is 3.32. The van der Waals surface area contributed by atoms with E-state index in [1.807, 2.05) is 11.8 Å². The van der Waals surface area contributed by atoms with Gasteiger partial charge in [0, 0.05) is 45.2 Å². The number of aromatic nitrogens is 1. The van der Waals surface area contributed by atoms with Crippen LogP contribution in [0.5, 0.6) is 0 Å². The van der Waals surface area contributed by atoms with E-state index in [9.17, 15) is 13.2 Å². The van der Waals surface area contributed by atoms with E-state index in [1.165, 1.54) is 19.9 Å². The maximum atomic E-state index is 12.7. The second-order valence-electron chi connectivity index (χ2n) is 6.41. The van der Waals surface area contributed by atoms with Gasteiger partial charge in [0.2, 0.25) is 0 Å². The zero-order valence-corrected chi connectivity index (χ0v) is 15.2. The molecule has 23 heavy (non-hydrogen) atoms. The van der Waals surface area contributed by atoms with Gasteiger partial charge in [0.25, 0.3) is 16.1 Å². The van der Waals surface area contributed by atoms with Crippen LogP contribution in [-0.4, -0.2) is 72.6 Å². The summed E-state index contributed by atoms with van der Waals surface area (Å²) < 4.78 is 27.7. The fourth-order valence-corrected chi connectivity index (χ4v) is 5.12. The van der Waals surface area contributed by atoms with Crippen molar-refractivity contribution in [1.29, 1.82) is 0 Å². The third kappa shape index (κ3) is 3.15. The van der Waals surface area contributed by atoms with Gasteiger partial charge in [-0.3, -0.25) is 4.79 Å². The van der Waals surface area contributed by atoms with Crippen molar-refractivity contribution in [1.82, 2.24) is 18.5 Å². The first-order chi connectivity index (χ1) is 10.8. The molecule has 2 atom stereocenters. The third-order valence-electron chi connectivity index (χ3n) is 4.57. The Morgan fingerprint density at radius 2 is 2.04 bits per heavy atom. The van der Waals surface area contributed by atoms with E-state index >= 15 is 0 Å². The van der Waals surface area contributed by atoms with Gasteiger partial charge in [-0.1, -0.05) is 0 Å². The summed E-state index contributed by atoms with van der Waals surface area (Å²) in [5.41, 5.74) is 0.474. The van der Waals surface area contributed by atoms with Crippen LogP contribution in [0, 0.1) is 12.8 Å². The molecule has 3 fully saturated rings. The fraction of sp³-hybridized carbons (Fsp3) is 0.714. The zero-order valence-electron chi connectivity index (χ0n) is 13.6. The van der Waals surface area contributed by atoms with Gasteiger partial charge in [0.1, 0.15) is 5.69 Å². The van der Waals surface area contributed by atoms with E-state index in [2.05, 4.69) is 4.98 Å². The lowest BCUT2D eigenvalue weighted by molar-refractivity contribution is 0.0583. The number of piperidine rings is 1. The van der Waals surface area contributed by atoms with Gasteiger partial charge >= 0.3 is 0 Å². The van der Waals surface area contributed by atoms with Crippen molar-refractivity contribution in [2.75, 3.05) is 33.7 Å². The maximum Gasteiger partial charge on any atom is 0.281 e. The number of rotatable bonds is 3. The summed E-state index contributed by atoms with van der Waals surface area (Å²) in [5.74, 6) is 0.111. The van der Waals surface area contributed by atoms with Crippen LogP contribution < -0.4 is 0 Å². The summed E-state index contributed by atoms with van der Waals surface area (Å²) >= 11 is 1.46. The van der Waals surface area contributed by atoms with E-state index in [1.54, 1.807) is 19.5 Å². The highest BCUT2D eigenvalue weighted by Gasteiger charge is 2.41. The Kier molecular flexibility index (Phi) is 4.47. The minimum Gasteiger partial charge on any atom is -0.333 e. The SMILES string of the molecule is Cc1nc(C(=O)N2C[C@H]3CC[C@@H]2CN(S(=O)(=O)N(C)C)C3)cs1. The molecule has 0 aliphatic carbocycles. The second-order valence-corrected chi connectivity index (χ2v) is 9.62.